The van der Waals surface area contributed by atoms with E-state index in [-0.39, 0.29) is 30.8 Å². The Hall–Kier alpha value is -2.04. The third-order valence-electron chi connectivity index (χ3n) is 6.11. The maximum Gasteiger partial charge on any atom is 0.242 e. The van der Waals surface area contributed by atoms with Gasteiger partial charge in [-0.2, -0.15) is 0 Å². The highest BCUT2D eigenvalue weighted by Crippen LogP contribution is 2.24. The number of carbonyl (C=O) groups is 2. The van der Waals surface area contributed by atoms with Crippen LogP contribution < -0.4 is 5.32 Å². The van der Waals surface area contributed by atoms with Crippen LogP contribution >= 0.6 is 23.2 Å². The van der Waals surface area contributed by atoms with Gasteiger partial charge in [-0.1, -0.05) is 77.9 Å². The Morgan fingerprint density at radius 1 is 1.03 bits per heavy atom. The molecule has 0 unspecified atom stereocenters. The summed E-state index contributed by atoms with van der Waals surface area (Å²) in [6.45, 7) is 6.08. The van der Waals surface area contributed by atoms with Crippen LogP contribution in [0.25, 0.3) is 0 Å². The van der Waals surface area contributed by atoms with Gasteiger partial charge in [0.15, 0.2) is 0 Å². The molecular formula is C26H32Cl2N2O2. The number of aryl methyl sites for hydroxylation is 2. The minimum absolute atomic E-state index is 0.104. The van der Waals surface area contributed by atoms with Gasteiger partial charge in [0.2, 0.25) is 11.8 Å². The Morgan fingerprint density at radius 3 is 2.31 bits per heavy atom. The van der Waals surface area contributed by atoms with Crippen LogP contribution in [0.5, 0.6) is 0 Å². The Balaban J connectivity index is 1.81. The molecule has 2 aromatic rings. The summed E-state index contributed by atoms with van der Waals surface area (Å²) in [5.41, 5.74) is 3.94. The third kappa shape index (κ3) is 6.73. The van der Waals surface area contributed by atoms with Gasteiger partial charge in [-0.15, -0.1) is 0 Å². The molecule has 0 heterocycles. The molecule has 0 saturated heterocycles. The van der Waals surface area contributed by atoms with Gasteiger partial charge >= 0.3 is 0 Å². The van der Waals surface area contributed by atoms with E-state index in [0.29, 0.717) is 10.0 Å². The summed E-state index contributed by atoms with van der Waals surface area (Å²) >= 11 is 12.4. The van der Waals surface area contributed by atoms with Crippen LogP contribution in [-0.2, 0) is 22.6 Å². The maximum atomic E-state index is 13.4. The molecule has 2 amide bonds. The van der Waals surface area contributed by atoms with E-state index in [9.17, 15) is 9.59 Å². The minimum atomic E-state index is -0.609. The van der Waals surface area contributed by atoms with Gasteiger partial charge in [-0.3, -0.25) is 9.59 Å². The van der Waals surface area contributed by atoms with E-state index in [0.717, 1.165) is 47.9 Å². The number of benzene rings is 2. The normalized spacial score (nSPS) is 15.3. The van der Waals surface area contributed by atoms with Gasteiger partial charge in [0, 0.05) is 22.6 Å². The van der Waals surface area contributed by atoms with E-state index in [1.165, 1.54) is 6.42 Å². The van der Waals surface area contributed by atoms with Crippen molar-refractivity contribution in [3.05, 3.63) is 68.7 Å². The standard InChI is InChI=1S/C26H32Cl2N2O2/c1-17-11-18(2)13-20(12-17)14-25(31)30(16-21-9-10-22(27)15-24(21)28)19(3)26(32)29-23-7-5-4-6-8-23/h9-13,15,19,23H,4-8,14,16H2,1-3H3,(H,29,32)/t19-/m0/s1. The Bertz CT molecular complexity index is 950. The molecule has 1 N–H and O–H groups in total. The first-order chi connectivity index (χ1) is 15.2. The lowest BCUT2D eigenvalue weighted by Crippen LogP contribution is -2.50. The number of amides is 2. The van der Waals surface area contributed by atoms with Crippen molar-refractivity contribution in [2.75, 3.05) is 0 Å². The summed E-state index contributed by atoms with van der Waals surface area (Å²) in [6, 6.07) is 10.9. The second kappa shape index (κ2) is 11.2. The van der Waals surface area contributed by atoms with E-state index in [4.69, 9.17) is 23.2 Å². The van der Waals surface area contributed by atoms with Crippen molar-refractivity contribution in [2.24, 2.45) is 0 Å². The highest BCUT2D eigenvalue weighted by Gasteiger charge is 2.28. The minimum Gasteiger partial charge on any atom is -0.352 e. The van der Waals surface area contributed by atoms with E-state index in [2.05, 4.69) is 11.4 Å². The van der Waals surface area contributed by atoms with Crippen molar-refractivity contribution in [3.8, 4) is 0 Å². The Morgan fingerprint density at radius 2 is 1.69 bits per heavy atom. The summed E-state index contributed by atoms with van der Waals surface area (Å²) in [5.74, 6) is -0.219. The predicted molar refractivity (Wildman–Crippen MR) is 131 cm³/mol. The molecule has 3 rings (SSSR count). The molecule has 1 fully saturated rings. The van der Waals surface area contributed by atoms with E-state index in [1.54, 1.807) is 24.0 Å². The molecule has 1 atom stereocenters. The number of carbonyl (C=O) groups excluding carboxylic acids is 2. The second-order valence-corrected chi connectivity index (χ2v) is 9.79. The Labute approximate surface area is 201 Å². The van der Waals surface area contributed by atoms with E-state index in [1.807, 2.05) is 32.0 Å². The average Bonchev–Trinajstić information content (AvgIpc) is 2.72. The zero-order chi connectivity index (χ0) is 23.3. The number of rotatable bonds is 7. The fourth-order valence-corrected chi connectivity index (χ4v) is 4.90. The van der Waals surface area contributed by atoms with Crippen LogP contribution in [0.2, 0.25) is 10.0 Å². The van der Waals surface area contributed by atoms with Crippen molar-refractivity contribution >= 4 is 35.0 Å². The molecule has 1 aliphatic carbocycles. The number of hydrogen-bond acceptors (Lipinski definition) is 2. The van der Waals surface area contributed by atoms with Crippen molar-refractivity contribution in [1.29, 1.82) is 0 Å². The lowest BCUT2D eigenvalue weighted by molar-refractivity contribution is -0.140. The zero-order valence-corrected chi connectivity index (χ0v) is 20.6. The number of halogens is 2. The van der Waals surface area contributed by atoms with Gasteiger partial charge < -0.3 is 10.2 Å². The summed E-state index contributed by atoms with van der Waals surface area (Å²) < 4.78 is 0. The molecule has 0 radical (unpaired) electrons. The molecule has 2 aromatic carbocycles. The predicted octanol–water partition coefficient (Wildman–Crippen LogP) is 6.02. The molecule has 6 heteroatoms. The van der Waals surface area contributed by atoms with Crippen molar-refractivity contribution in [1.82, 2.24) is 10.2 Å². The number of hydrogen-bond donors (Lipinski definition) is 1. The van der Waals surface area contributed by atoms with Crippen LogP contribution in [0.15, 0.2) is 36.4 Å². The average molecular weight is 475 g/mol. The zero-order valence-electron chi connectivity index (χ0n) is 19.1. The molecule has 1 aliphatic rings. The molecule has 32 heavy (non-hydrogen) atoms. The van der Waals surface area contributed by atoms with Gasteiger partial charge in [0.25, 0.3) is 0 Å². The van der Waals surface area contributed by atoms with Gasteiger partial charge in [-0.25, -0.2) is 0 Å². The molecule has 4 nitrogen and oxygen atoms in total. The van der Waals surface area contributed by atoms with Gasteiger partial charge in [0.05, 0.1) is 6.42 Å². The summed E-state index contributed by atoms with van der Waals surface area (Å²) in [4.78, 5) is 28.2. The van der Waals surface area contributed by atoms with Gasteiger partial charge in [-0.05, 0) is 56.9 Å². The monoisotopic (exact) mass is 474 g/mol. The largest absolute Gasteiger partial charge is 0.352 e. The lowest BCUT2D eigenvalue weighted by Gasteiger charge is -2.31. The highest BCUT2D eigenvalue weighted by molar-refractivity contribution is 6.35. The van der Waals surface area contributed by atoms with Crippen LogP contribution in [0, 0.1) is 13.8 Å². The van der Waals surface area contributed by atoms with Crippen molar-refractivity contribution in [2.45, 2.75) is 77.9 Å². The van der Waals surface area contributed by atoms with E-state index >= 15 is 0 Å². The summed E-state index contributed by atoms with van der Waals surface area (Å²) in [6.07, 6.45) is 5.71. The summed E-state index contributed by atoms with van der Waals surface area (Å²) in [7, 11) is 0. The fraction of sp³-hybridized carbons (Fsp3) is 0.462. The highest BCUT2D eigenvalue weighted by atomic mass is 35.5. The summed E-state index contributed by atoms with van der Waals surface area (Å²) in [5, 5.41) is 4.18. The first-order valence-electron chi connectivity index (χ1n) is 11.3. The maximum absolute atomic E-state index is 13.4. The first kappa shape index (κ1) is 24.6. The van der Waals surface area contributed by atoms with Crippen LogP contribution in [0.3, 0.4) is 0 Å². The molecule has 0 aliphatic heterocycles. The molecular weight excluding hydrogens is 443 g/mol. The second-order valence-electron chi connectivity index (χ2n) is 8.95. The van der Waals surface area contributed by atoms with Crippen molar-refractivity contribution < 1.29 is 9.59 Å². The fourth-order valence-electron chi connectivity index (χ4n) is 4.43. The number of nitrogens with one attached hydrogen (secondary N) is 1. The first-order valence-corrected chi connectivity index (χ1v) is 12.1. The molecule has 172 valence electrons. The van der Waals surface area contributed by atoms with Crippen molar-refractivity contribution in [3.63, 3.8) is 0 Å². The lowest BCUT2D eigenvalue weighted by atomic mass is 9.95. The van der Waals surface area contributed by atoms with Crippen LogP contribution in [-0.4, -0.2) is 28.8 Å². The molecule has 0 spiro atoms. The van der Waals surface area contributed by atoms with Gasteiger partial charge in [0.1, 0.15) is 6.04 Å². The SMILES string of the molecule is Cc1cc(C)cc(CC(=O)N(Cc2ccc(Cl)cc2Cl)[C@@H](C)C(=O)NC2CCCCC2)c1. The quantitative estimate of drug-likeness (QED) is 0.533. The Kier molecular flexibility index (Phi) is 8.61. The molecule has 1 saturated carbocycles. The topological polar surface area (TPSA) is 49.4 Å². The smallest absolute Gasteiger partial charge is 0.242 e. The third-order valence-corrected chi connectivity index (χ3v) is 6.70. The molecule has 0 bridgehead atoms. The molecule has 0 aromatic heterocycles. The van der Waals surface area contributed by atoms with Crippen LogP contribution in [0.1, 0.15) is 61.3 Å². The van der Waals surface area contributed by atoms with E-state index < -0.39 is 6.04 Å². The van der Waals surface area contributed by atoms with Crippen LogP contribution in [0.4, 0.5) is 0 Å². The number of nitrogens with zero attached hydrogens (tertiary/aromatic N) is 1.